The monoisotopic (exact) mass is 293 g/mol. The number of rotatable bonds is 9. The van der Waals surface area contributed by atoms with Crippen LogP contribution >= 0.6 is 0 Å². The van der Waals surface area contributed by atoms with E-state index in [-0.39, 0.29) is 6.61 Å². The van der Waals surface area contributed by atoms with E-state index in [4.69, 9.17) is 24.2 Å². The number of carbonyl (C=O) groups excluding carboxylic acids is 1. The van der Waals surface area contributed by atoms with Crippen molar-refractivity contribution in [3.8, 4) is 17.6 Å². The average molecular weight is 293 g/mol. The number of hydrogen-bond donors (Lipinski definition) is 0. The maximum atomic E-state index is 11.7. The van der Waals surface area contributed by atoms with Gasteiger partial charge < -0.3 is 18.9 Å². The fourth-order valence-corrected chi connectivity index (χ4v) is 1.64. The fourth-order valence-electron chi connectivity index (χ4n) is 1.64. The van der Waals surface area contributed by atoms with Crippen molar-refractivity contribution in [3.05, 3.63) is 23.8 Å². The van der Waals surface area contributed by atoms with Gasteiger partial charge in [0.25, 0.3) is 0 Å². The minimum atomic E-state index is -0.478. The number of nitriles is 1. The van der Waals surface area contributed by atoms with Gasteiger partial charge >= 0.3 is 5.97 Å². The molecule has 0 spiro atoms. The highest BCUT2D eigenvalue weighted by Crippen LogP contribution is 2.26. The lowest BCUT2D eigenvalue weighted by Gasteiger charge is -2.12. The lowest BCUT2D eigenvalue weighted by Crippen LogP contribution is -2.08. The zero-order valence-electron chi connectivity index (χ0n) is 12.3. The number of methoxy groups -OCH3 is 2. The molecule has 0 radical (unpaired) electrons. The normalized spacial score (nSPS) is 9.76. The lowest BCUT2D eigenvalue weighted by molar-refractivity contribution is 0.0595. The molecule has 6 nitrogen and oxygen atoms in total. The molecule has 0 saturated heterocycles. The van der Waals surface area contributed by atoms with Crippen molar-refractivity contribution in [2.75, 3.05) is 34.0 Å². The number of esters is 1. The van der Waals surface area contributed by atoms with Crippen LogP contribution in [0.3, 0.4) is 0 Å². The molecule has 6 heteroatoms. The van der Waals surface area contributed by atoms with Crippen molar-refractivity contribution in [1.29, 1.82) is 5.26 Å². The molecule has 0 aromatic heterocycles. The quantitative estimate of drug-likeness (QED) is 0.513. The van der Waals surface area contributed by atoms with Gasteiger partial charge in [-0.05, 0) is 25.0 Å². The van der Waals surface area contributed by atoms with Crippen molar-refractivity contribution in [2.45, 2.75) is 12.8 Å². The van der Waals surface area contributed by atoms with E-state index in [0.29, 0.717) is 30.3 Å². The minimum Gasteiger partial charge on any atom is -0.493 e. The summed E-state index contributed by atoms with van der Waals surface area (Å²) >= 11 is 0. The van der Waals surface area contributed by atoms with Gasteiger partial charge in [0.15, 0.2) is 6.61 Å². The van der Waals surface area contributed by atoms with E-state index in [9.17, 15) is 4.79 Å². The van der Waals surface area contributed by atoms with Crippen molar-refractivity contribution in [3.63, 3.8) is 0 Å². The van der Waals surface area contributed by atoms with Crippen LogP contribution in [0.2, 0.25) is 0 Å². The third-order valence-corrected chi connectivity index (χ3v) is 2.66. The SMILES string of the molecule is COCCCCOc1cc(OCC#N)ccc1C(=O)OC. The molecule has 1 aromatic rings. The second-order valence-electron chi connectivity index (χ2n) is 4.14. The maximum absolute atomic E-state index is 11.7. The first kappa shape index (κ1) is 16.8. The van der Waals surface area contributed by atoms with Crippen molar-refractivity contribution >= 4 is 5.97 Å². The summed E-state index contributed by atoms with van der Waals surface area (Å²) in [6.45, 7) is 1.05. The topological polar surface area (TPSA) is 77.8 Å². The van der Waals surface area contributed by atoms with Gasteiger partial charge in [-0.1, -0.05) is 0 Å². The summed E-state index contributed by atoms with van der Waals surface area (Å²) in [5.41, 5.74) is 0.327. The summed E-state index contributed by atoms with van der Waals surface area (Å²) in [6, 6.07) is 6.62. The second kappa shape index (κ2) is 9.61. The van der Waals surface area contributed by atoms with E-state index in [0.717, 1.165) is 12.8 Å². The van der Waals surface area contributed by atoms with E-state index in [1.807, 2.05) is 6.07 Å². The third kappa shape index (κ3) is 5.71. The van der Waals surface area contributed by atoms with Crippen LogP contribution in [0.25, 0.3) is 0 Å². The zero-order valence-corrected chi connectivity index (χ0v) is 12.3. The number of carbonyl (C=O) groups is 1. The van der Waals surface area contributed by atoms with Crippen molar-refractivity contribution in [2.24, 2.45) is 0 Å². The highest BCUT2D eigenvalue weighted by molar-refractivity contribution is 5.92. The van der Waals surface area contributed by atoms with Gasteiger partial charge in [0, 0.05) is 19.8 Å². The maximum Gasteiger partial charge on any atom is 0.341 e. The summed E-state index contributed by atoms with van der Waals surface area (Å²) in [5.74, 6) is 0.375. The van der Waals surface area contributed by atoms with Gasteiger partial charge in [-0.25, -0.2) is 4.79 Å². The summed E-state index contributed by atoms with van der Waals surface area (Å²) in [4.78, 5) is 11.7. The molecule has 1 rings (SSSR count). The summed E-state index contributed by atoms with van der Waals surface area (Å²) in [5, 5.41) is 8.51. The Bertz CT molecular complexity index is 495. The molecule has 0 atom stereocenters. The molecule has 0 N–H and O–H groups in total. The summed E-state index contributed by atoms with van der Waals surface area (Å²) in [7, 11) is 2.96. The third-order valence-electron chi connectivity index (χ3n) is 2.66. The predicted octanol–water partition coefficient (Wildman–Crippen LogP) is 2.18. The molecule has 0 fully saturated rings. The second-order valence-corrected chi connectivity index (χ2v) is 4.14. The van der Waals surface area contributed by atoms with Crippen LogP contribution in [-0.2, 0) is 9.47 Å². The first-order valence-corrected chi connectivity index (χ1v) is 6.56. The molecule has 0 unspecified atom stereocenters. The number of nitrogens with zero attached hydrogens (tertiary/aromatic N) is 1. The summed E-state index contributed by atoms with van der Waals surface area (Å²) < 4.78 is 20.5. The van der Waals surface area contributed by atoms with Gasteiger partial charge in [0.05, 0.1) is 13.7 Å². The zero-order chi connectivity index (χ0) is 15.5. The summed E-state index contributed by atoms with van der Waals surface area (Å²) in [6.07, 6.45) is 1.67. The van der Waals surface area contributed by atoms with Gasteiger partial charge in [-0.2, -0.15) is 5.26 Å². The van der Waals surface area contributed by atoms with E-state index in [1.54, 1.807) is 25.3 Å². The van der Waals surface area contributed by atoms with Crippen LogP contribution in [0.1, 0.15) is 23.2 Å². The van der Waals surface area contributed by atoms with Gasteiger partial charge in [0.1, 0.15) is 23.1 Å². The number of ether oxygens (including phenoxy) is 4. The lowest BCUT2D eigenvalue weighted by atomic mass is 10.2. The van der Waals surface area contributed by atoms with Crippen LogP contribution < -0.4 is 9.47 Å². The van der Waals surface area contributed by atoms with Crippen LogP contribution in [0.5, 0.6) is 11.5 Å². The van der Waals surface area contributed by atoms with Crippen LogP contribution in [0.4, 0.5) is 0 Å². The number of hydrogen-bond acceptors (Lipinski definition) is 6. The first-order valence-electron chi connectivity index (χ1n) is 6.56. The molecular weight excluding hydrogens is 274 g/mol. The molecule has 0 aliphatic heterocycles. The Morgan fingerprint density at radius 3 is 2.62 bits per heavy atom. The minimum absolute atomic E-state index is 0.0646. The first-order chi connectivity index (χ1) is 10.2. The van der Waals surface area contributed by atoms with Crippen LogP contribution in [-0.4, -0.2) is 40.0 Å². The molecule has 0 aliphatic rings. The van der Waals surface area contributed by atoms with Crippen molar-refractivity contribution in [1.82, 2.24) is 0 Å². The van der Waals surface area contributed by atoms with Gasteiger partial charge in [-0.15, -0.1) is 0 Å². The Morgan fingerprint density at radius 1 is 1.19 bits per heavy atom. The predicted molar refractivity (Wildman–Crippen MR) is 75.5 cm³/mol. The molecule has 1 aromatic carbocycles. The molecular formula is C15H19NO5. The number of unbranched alkanes of at least 4 members (excludes halogenated alkanes) is 1. The fraction of sp³-hybridized carbons (Fsp3) is 0.467. The Kier molecular flexibility index (Phi) is 7.69. The highest BCUT2D eigenvalue weighted by Gasteiger charge is 2.14. The van der Waals surface area contributed by atoms with Crippen LogP contribution in [0.15, 0.2) is 18.2 Å². The van der Waals surface area contributed by atoms with Gasteiger partial charge in [0.2, 0.25) is 0 Å². The average Bonchev–Trinajstić information content (AvgIpc) is 2.52. The molecule has 114 valence electrons. The Labute approximate surface area is 124 Å². The van der Waals surface area contributed by atoms with E-state index in [2.05, 4.69) is 0 Å². The molecule has 21 heavy (non-hydrogen) atoms. The Morgan fingerprint density at radius 2 is 1.95 bits per heavy atom. The molecule has 0 aliphatic carbocycles. The van der Waals surface area contributed by atoms with Crippen molar-refractivity contribution < 1.29 is 23.7 Å². The molecule has 0 heterocycles. The van der Waals surface area contributed by atoms with E-state index >= 15 is 0 Å². The molecule has 0 saturated carbocycles. The Balaban J connectivity index is 2.74. The van der Waals surface area contributed by atoms with E-state index < -0.39 is 5.97 Å². The highest BCUT2D eigenvalue weighted by atomic mass is 16.5. The standard InChI is InChI=1S/C15H19NO5/c1-18-8-3-4-9-21-14-11-12(20-10-7-16)5-6-13(14)15(17)19-2/h5-6,11H,3-4,8-10H2,1-2H3. The number of benzene rings is 1. The Hall–Kier alpha value is -2.26. The molecule has 0 amide bonds. The smallest absolute Gasteiger partial charge is 0.341 e. The van der Waals surface area contributed by atoms with Gasteiger partial charge in [-0.3, -0.25) is 0 Å². The van der Waals surface area contributed by atoms with E-state index in [1.165, 1.54) is 7.11 Å². The van der Waals surface area contributed by atoms with Crippen LogP contribution in [0, 0.1) is 11.3 Å². The molecule has 0 bridgehead atoms. The largest absolute Gasteiger partial charge is 0.493 e.